The van der Waals surface area contributed by atoms with E-state index < -0.39 is 0 Å². The standard InChI is InChI=1S/C14H23N3O/c1-3-11(15)10-12-6-9-16-13(17-12)14(18-2)7-4-5-8-14/h6,9,11H,3-5,7-8,10,15H2,1-2H3. The minimum Gasteiger partial charge on any atom is -0.370 e. The van der Waals surface area contributed by atoms with Gasteiger partial charge in [-0.2, -0.15) is 0 Å². The number of hydrogen-bond donors (Lipinski definition) is 1. The summed E-state index contributed by atoms with van der Waals surface area (Å²) in [6, 6.07) is 2.13. The quantitative estimate of drug-likeness (QED) is 0.868. The van der Waals surface area contributed by atoms with Crippen LogP contribution in [-0.2, 0) is 16.8 Å². The van der Waals surface area contributed by atoms with Crippen molar-refractivity contribution in [1.29, 1.82) is 0 Å². The largest absolute Gasteiger partial charge is 0.370 e. The van der Waals surface area contributed by atoms with Gasteiger partial charge in [-0.3, -0.25) is 0 Å². The highest BCUT2D eigenvalue weighted by atomic mass is 16.5. The summed E-state index contributed by atoms with van der Waals surface area (Å²) in [4.78, 5) is 9.09. The highest BCUT2D eigenvalue weighted by Gasteiger charge is 2.38. The molecule has 0 spiro atoms. The van der Waals surface area contributed by atoms with Crippen molar-refractivity contribution in [2.45, 2.75) is 57.1 Å². The van der Waals surface area contributed by atoms with Crippen LogP contribution in [0.1, 0.15) is 50.5 Å². The van der Waals surface area contributed by atoms with E-state index in [2.05, 4.69) is 16.9 Å². The number of methoxy groups -OCH3 is 1. The number of nitrogens with zero attached hydrogens (tertiary/aromatic N) is 2. The first kappa shape index (κ1) is 13.4. The maximum atomic E-state index is 5.98. The monoisotopic (exact) mass is 249 g/mol. The molecule has 0 bridgehead atoms. The van der Waals surface area contributed by atoms with Crippen LogP contribution in [-0.4, -0.2) is 23.1 Å². The number of aromatic nitrogens is 2. The van der Waals surface area contributed by atoms with Crippen LogP contribution in [0.2, 0.25) is 0 Å². The molecule has 1 aromatic heterocycles. The SMILES string of the molecule is CCC(N)Cc1ccnc(C2(OC)CCCC2)n1. The van der Waals surface area contributed by atoms with Crippen LogP contribution in [0.4, 0.5) is 0 Å². The molecule has 100 valence electrons. The summed E-state index contributed by atoms with van der Waals surface area (Å²) in [6.07, 6.45) is 8.03. The zero-order chi connectivity index (χ0) is 13.0. The van der Waals surface area contributed by atoms with Crippen molar-refractivity contribution < 1.29 is 4.74 Å². The van der Waals surface area contributed by atoms with Gasteiger partial charge in [0.2, 0.25) is 0 Å². The molecule has 1 aromatic rings. The molecular weight excluding hydrogens is 226 g/mol. The van der Waals surface area contributed by atoms with Gasteiger partial charge in [0.15, 0.2) is 5.82 Å². The van der Waals surface area contributed by atoms with Gasteiger partial charge in [-0.25, -0.2) is 9.97 Å². The van der Waals surface area contributed by atoms with Crippen molar-refractivity contribution in [1.82, 2.24) is 9.97 Å². The summed E-state index contributed by atoms with van der Waals surface area (Å²) in [6.45, 7) is 2.10. The van der Waals surface area contributed by atoms with Gasteiger partial charge in [-0.15, -0.1) is 0 Å². The van der Waals surface area contributed by atoms with Crippen LogP contribution in [0.15, 0.2) is 12.3 Å². The molecular formula is C14H23N3O. The Balaban J connectivity index is 2.20. The normalized spacial score (nSPS) is 19.9. The lowest BCUT2D eigenvalue weighted by Crippen LogP contribution is -2.28. The number of ether oxygens (including phenoxy) is 1. The van der Waals surface area contributed by atoms with Crippen molar-refractivity contribution in [3.05, 3.63) is 23.8 Å². The van der Waals surface area contributed by atoms with E-state index in [1.54, 1.807) is 7.11 Å². The Hall–Kier alpha value is -1.00. The fourth-order valence-corrected chi connectivity index (χ4v) is 2.61. The molecule has 2 N–H and O–H groups in total. The molecule has 1 aliphatic rings. The fourth-order valence-electron chi connectivity index (χ4n) is 2.61. The third kappa shape index (κ3) is 2.70. The third-order valence-electron chi connectivity index (χ3n) is 3.92. The van der Waals surface area contributed by atoms with E-state index in [0.29, 0.717) is 0 Å². The Morgan fingerprint density at radius 3 is 2.78 bits per heavy atom. The third-order valence-corrected chi connectivity index (χ3v) is 3.92. The smallest absolute Gasteiger partial charge is 0.160 e. The molecule has 2 rings (SSSR count). The maximum Gasteiger partial charge on any atom is 0.160 e. The topological polar surface area (TPSA) is 61.0 Å². The molecule has 1 saturated carbocycles. The van der Waals surface area contributed by atoms with Crippen LogP contribution in [0, 0.1) is 0 Å². The summed E-state index contributed by atoms with van der Waals surface area (Å²) in [5, 5.41) is 0. The van der Waals surface area contributed by atoms with Gasteiger partial charge in [-0.1, -0.05) is 6.92 Å². The second-order valence-corrected chi connectivity index (χ2v) is 5.15. The van der Waals surface area contributed by atoms with Crippen LogP contribution in [0.3, 0.4) is 0 Å². The summed E-state index contributed by atoms with van der Waals surface area (Å²) in [5.41, 5.74) is 6.75. The van der Waals surface area contributed by atoms with Crippen LogP contribution >= 0.6 is 0 Å². The predicted octanol–water partition coefficient (Wildman–Crippen LogP) is 2.17. The van der Waals surface area contributed by atoms with Crippen LogP contribution in [0.5, 0.6) is 0 Å². The second kappa shape index (κ2) is 5.76. The molecule has 0 aromatic carbocycles. The number of rotatable bonds is 5. The molecule has 0 amide bonds. The molecule has 0 saturated heterocycles. The van der Waals surface area contributed by atoms with E-state index in [1.165, 1.54) is 12.8 Å². The van der Waals surface area contributed by atoms with Gasteiger partial charge in [-0.05, 0) is 38.2 Å². The predicted molar refractivity (Wildman–Crippen MR) is 71.2 cm³/mol. The molecule has 4 heteroatoms. The van der Waals surface area contributed by atoms with E-state index >= 15 is 0 Å². The Morgan fingerprint density at radius 2 is 2.17 bits per heavy atom. The highest BCUT2D eigenvalue weighted by Crippen LogP contribution is 2.39. The van der Waals surface area contributed by atoms with Crippen molar-refractivity contribution in [3.8, 4) is 0 Å². The first-order valence-electron chi connectivity index (χ1n) is 6.83. The number of hydrogen-bond acceptors (Lipinski definition) is 4. The average Bonchev–Trinajstić information content (AvgIpc) is 2.89. The molecule has 1 aliphatic carbocycles. The van der Waals surface area contributed by atoms with Gasteiger partial charge >= 0.3 is 0 Å². The van der Waals surface area contributed by atoms with Gasteiger partial charge in [0.25, 0.3) is 0 Å². The van der Waals surface area contributed by atoms with Crippen LogP contribution < -0.4 is 5.73 Å². The average molecular weight is 249 g/mol. The summed E-state index contributed by atoms with van der Waals surface area (Å²) in [7, 11) is 1.76. The van der Waals surface area contributed by atoms with Crippen molar-refractivity contribution in [2.24, 2.45) is 5.73 Å². The lowest BCUT2D eigenvalue weighted by Gasteiger charge is -2.25. The molecule has 18 heavy (non-hydrogen) atoms. The molecule has 1 unspecified atom stereocenters. The zero-order valence-corrected chi connectivity index (χ0v) is 11.4. The van der Waals surface area contributed by atoms with E-state index in [9.17, 15) is 0 Å². The Labute approximate surface area is 109 Å². The summed E-state index contributed by atoms with van der Waals surface area (Å²) < 4.78 is 5.71. The van der Waals surface area contributed by atoms with Crippen molar-refractivity contribution >= 4 is 0 Å². The van der Waals surface area contributed by atoms with E-state index in [4.69, 9.17) is 10.5 Å². The highest BCUT2D eigenvalue weighted by molar-refractivity contribution is 5.11. The summed E-state index contributed by atoms with van der Waals surface area (Å²) >= 11 is 0. The van der Waals surface area contributed by atoms with E-state index in [0.717, 1.165) is 37.2 Å². The Bertz CT molecular complexity index is 388. The van der Waals surface area contributed by atoms with Gasteiger partial charge in [0.05, 0.1) is 0 Å². The molecule has 4 nitrogen and oxygen atoms in total. The van der Waals surface area contributed by atoms with Gasteiger partial charge in [0, 0.05) is 31.5 Å². The number of nitrogens with two attached hydrogens (primary N) is 1. The lowest BCUT2D eigenvalue weighted by atomic mass is 10.0. The first-order chi connectivity index (χ1) is 8.70. The molecule has 1 heterocycles. The maximum absolute atomic E-state index is 5.98. The Kier molecular flexibility index (Phi) is 4.30. The van der Waals surface area contributed by atoms with Crippen molar-refractivity contribution in [3.63, 3.8) is 0 Å². The Morgan fingerprint density at radius 1 is 1.44 bits per heavy atom. The van der Waals surface area contributed by atoms with Crippen molar-refractivity contribution in [2.75, 3.05) is 7.11 Å². The first-order valence-corrected chi connectivity index (χ1v) is 6.83. The molecule has 0 radical (unpaired) electrons. The van der Waals surface area contributed by atoms with E-state index in [-0.39, 0.29) is 11.6 Å². The fraction of sp³-hybridized carbons (Fsp3) is 0.714. The van der Waals surface area contributed by atoms with Gasteiger partial charge in [0.1, 0.15) is 5.60 Å². The van der Waals surface area contributed by atoms with E-state index in [1.807, 2.05) is 12.3 Å². The minimum absolute atomic E-state index is 0.176. The molecule has 0 aliphatic heterocycles. The molecule has 1 atom stereocenters. The minimum atomic E-state index is -0.258. The summed E-state index contributed by atoms with van der Waals surface area (Å²) in [5.74, 6) is 0.836. The zero-order valence-electron chi connectivity index (χ0n) is 11.4. The molecule has 1 fully saturated rings. The van der Waals surface area contributed by atoms with Gasteiger partial charge < -0.3 is 10.5 Å². The van der Waals surface area contributed by atoms with Crippen LogP contribution in [0.25, 0.3) is 0 Å². The lowest BCUT2D eigenvalue weighted by molar-refractivity contribution is -0.0164. The second-order valence-electron chi connectivity index (χ2n) is 5.15.